The fourth-order valence-electron chi connectivity index (χ4n) is 1.25. The largest absolute Gasteiger partial charge is 0.466 e. The highest BCUT2D eigenvalue weighted by Gasteiger charge is 2.00. The van der Waals surface area contributed by atoms with Gasteiger partial charge >= 0.3 is 7.82 Å². The highest BCUT2D eigenvalue weighted by Crippen LogP contribution is 2.25. The van der Waals surface area contributed by atoms with E-state index < -0.39 is 7.82 Å². The molecule has 0 saturated heterocycles. The summed E-state index contributed by atoms with van der Waals surface area (Å²) in [5, 5.41) is 9.12. The summed E-state index contributed by atoms with van der Waals surface area (Å²) >= 11 is 0. The Hall–Kier alpha value is -1.27. The SMILES string of the molecule is C1=CNCC1.C1=CNCC1.C1=CNCC1.O=P(O)(O)O. The Morgan fingerprint density at radius 1 is 0.700 bits per heavy atom. The summed E-state index contributed by atoms with van der Waals surface area (Å²) in [5.41, 5.74) is 0. The van der Waals surface area contributed by atoms with E-state index in [9.17, 15) is 0 Å². The molecule has 3 aliphatic heterocycles. The van der Waals surface area contributed by atoms with E-state index in [2.05, 4.69) is 34.2 Å². The van der Waals surface area contributed by atoms with Gasteiger partial charge in [-0.1, -0.05) is 18.2 Å². The molecule has 6 N–H and O–H groups in total. The molecule has 0 amide bonds. The number of rotatable bonds is 0. The lowest BCUT2D eigenvalue weighted by Crippen LogP contribution is -1.96. The van der Waals surface area contributed by atoms with E-state index in [4.69, 9.17) is 19.2 Å². The summed E-state index contributed by atoms with van der Waals surface area (Å²) < 4.78 is 8.88. The number of hydrogen-bond donors (Lipinski definition) is 6. The number of nitrogens with one attached hydrogen (secondary N) is 3. The molecule has 0 atom stereocenters. The molecule has 3 heterocycles. The first kappa shape index (κ1) is 18.7. The molecule has 0 bridgehead atoms. The van der Waals surface area contributed by atoms with Crippen LogP contribution in [0.4, 0.5) is 0 Å². The molecule has 20 heavy (non-hydrogen) atoms. The Morgan fingerprint density at radius 3 is 1.00 bits per heavy atom. The van der Waals surface area contributed by atoms with Crippen LogP contribution in [0.5, 0.6) is 0 Å². The topological polar surface area (TPSA) is 114 Å². The van der Waals surface area contributed by atoms with Crippen LogP contribution >= 0.6 is 7.82 Å². The van der Waals surface area contributed by atoms with Gasteiger partial charge in [0, 0.05) is 19.6 Å². The third-order valence-corrected chi connectivity index (χ3v) is 2.07. The maximum absolute atomic E-state index is 8.88. The van der Waals surface area contributed by atoms with E-state index >= 15 is 0 Å². The van der Waals surface area contributed by atoms with Gasteiger partial charge in [0.2, 0.25) is 0 Å². The third-order valence-electron chi connectivity index (χ3n) is 2.07. The van der Waals surface area contributed by atoms with E-state index in [0.717, 1.165) is 19.6 Å². The quantitative estimate of drug-likeness (QED) is 0.362. The van der Waals surface area contributed by atoms with Crippen molar-refractivity contribution >= 4 is 7.82 Å². The van der Waals surface area contributed by atoms with Crippen LogP contribution in [-0.2, 0) is 4.57 Å². The van der Waals surface area contributed by atoms with Gasteiger partial charge in [-0.05, 0) is 37.9 Å². The van der Waals surface area contributed by atoms with Crippen LogP contribution < -0.4 is 16.0 Å². The monoisotopic (exact) mass is 305 g/mol. The minimum atomic E-state index is -4.64. The van der Waals surface area contributed by atoms with Crippen molar-refractivity contribution in [2.24, 2.45) is 0 Å². The Morgan fingerprint density at radius 2 is 0.950 bits per heavy atom. The molecule has 0 unspecified atom stereocenters. The van der Waals surface area contributed by atoms with Gasteiger partial charge in [0.1, 0.15) is 0 Å². The fourth-order valence-corrected chi connectivity index (χ4v) is 1.25. The number of phosphoric acid groups is 1. The molecule has 0 aromatic carbocycles. The summed E-state index contributed by atoms with van der Waals surface area (Å²) in [4.78, 5) is 21.6. The van der Waals surface area contributed by atoms with Gasteiger partial charge in [-0.25, -0.2) is 4.57 Å². The molecular weight excluding hydrogens is 281 g/mol. The van der Waals surface area contributed by atoms with Crippen molar-refractivity contribution < 1.29 is 19.2 Å². The zero-order chi connectivity index (χ0) is 15.1. The van der Waals surface area contributed by atoms with Gasteiger partial charge in [-0.2, -0.15) is 0 Å². The lowest BCUT2D eigenvalue weighted by atomic mass is 10.5. The third kappa shape index (κ3) is 22.0. The van der Waals surface area contributed by atoms with Gasteiger partial charge in [-0.3, -0.25) is 0 Å². The minimum absolute atomic E-state index is 1.14. The Bertz CT molecular complexity index is 288. The molecular formula is C12H24N3O4P. The highest BCUT2D eigenvalue weighted by atomic mass is 31.2. The second-order valence-corrected chi connectivity index (χ2v) is 4.98. The molecule has 0 saturated carbocycles. The molecule has 3 rings (SSSR count). The molecule has 0 aromatic rings. The first-order valence-electron chi connectivity index (χ1n) is 6.43. The predicted octanol–water partition coefficient (Wildman–Crippen LogP) is 0.552. The fraction of sp³-hybridized carbons (Fsp3) is 0.500. The summed E-state index contributed by atoms with van der Waals surface area (Å²) in [6.45, 7) is 3.42. The van der Waals surface area contributed by atoms with Gasteiger partial charge in [0.15, 0.2) is 0 Å². The van der Waals surface area contributed by atoms with Gasteiger partial charge < -0.3 is 30.6 Å². The molecule has 116 valence electrons. The summed E-state index contributed by atoms with van der Waals surface area (Å²) in [5.74, 6) is 0. The van der Waals surface area contributed by atoms with Crippen LogP contribution in [0.2, 0.25) is 0 Å². The van der Waals surface area contributed by atoms with Crippen molar-refractivity contribution in [2.75, 3.05) is 19.6 Å². The van der Waals surface area contributed by atoms with Crippen LogP contribution in [0, 0.1) is 0 Å². The Kier molecular flexibility index (Phi) is 11.9. The van der Waals surface area contributed by atoms with Gasteiger partial charge in [-0.15, -0.1) is 0 Å². The summed E-state index contributed by atoms with van der Waals surface area (Å²) in [6.07, 6.45) is 16.0. The normalized spacial score (nSPS) is 17.4. The summed E-state index contributed by atoms with van der Waals surface area (Å²) in [6, 6.07) is 0. The maximum atomic E-state index is 8.88. The van der Waals surface area contributed by atoms with Crippen molar-refractivity contribution in [3.8, 4) is 0 Å². The molecule has 7 nitrogen and oxygen atoms in total. The molecule has 0 fully saturated rings. The average molecular weight is 305 g/mol. The zero-order valence-corrected chi connectivity index (χ0v) is 12.3. The van der Waals surface area contributed by atoms with Crippen LogP contribution in [-0.4, -0.2) is 34.3 Å². The molecule has 0 aromatic heterocycles. The first-order chi connectivity index (χ1) is 9.50. The van der Waals surface area contributed by atoms with Crippen molar-refractivity contribution in [1.29, 1.82) is 0 Å². The van der Waals surface area contributed by atoms with E-state index in [1.165, 1.54) is 19.3 Å². The van der Waals surface area contributed by atoms with E-state index in [-0.39, 0.29) is 0 Å². The van der Waals surface area contributed by atoms with Gasteiger partial charge in [0.25, 0.3) is 0 Å². The summed E-state index contributed by atoms with van der Waals surface area (Å²) in [7, 11) is -4.64. The molecule has 0 spiro atoms. The maximum Gasteiger partial charge on any atom is 0.466 e. The zero-order valence-electron chi connectivity index (χ0n) is 11.4. The average Bonchev–Trinajstić information content (AvgIpc) is 3.17. The Labute approximate surface area is 119 Å². The standard InChI is InChI=1S/3C4H7N.H3O4P/c3*1-2-4-5-3-1;1-5(2,3)4/h3*1,3,5H,2,4H2;(H3,1,2,3,4). The van der Waals surface area contributed by atoms with E-state index in [1.54, 1.807) is 0 Å². The van der Waals surface area contributed by atoms with Crippen LogP contribution in [0.25, 0.3) is 0 Å². The van der Waals surface area contributed by atoms with Crippen molar-refractivity contribution in [2.45, 2.75) is 19.3 Å². The van der Waals surface area contributed by atoms with Crippen molar-refractivity contribution in [3.05, 3.63) is 36.8 Å². The highest BCUT2D eigenvalue weighted by molar-refractivity contribution is 7.45. The van der Waals surface area contributed by atoms with Crippen LogP contribution in [0.1, 0.15) is 19.3 Å². The molecule has 0 aliphatic carbocycles. The van der Waals surface area contributed by atoms with E-state index in [1.807, 2.05) is 18.6 Å². The number of hydrogen-bond acceptors (Lipinski definition) is 4. The Balaban J connectivity index is 0.000000241. The minimum Gasteiger partial charge on any atom is -0.391 e. The second kappa shape index (κ2) is 12.7. The van der Waals surface area contributed by atoms with Crippen molar-refractivity contribution in [3.63, 3.8) is 0 Å². The molecule has 8 heteroatoms. The first-order valence-corrected chi connectivity index (χ1v) is 8.00. The predicted molar refractivity (Wildman–Crippen MR) is 79.5 cm³/mol. The van der Waals surface area contributed by atoms with Crippen LogP contribution in [0.3, 0.4) is 0 Å². The lowest BCUT2D eigenvalue weighted by Gasteiger charge is -1.82. The molecule has 0 radical (unpaired) electrons. The van der Waals surface area contributed by atoms with Crippen LogP contribution in [0.15, 0.2) is 36.8 Å². The van der Waals surface area contributed by atoms with Crippen molar-refractivity contribution in [1.82, 2.24) is 16.0 Å². The second-order valence-electron chi connectivity index (χ2n) is 3.95. The lowest BCUT2D eigenvalue weighted by molar-refractivity contribution is 0.275. The molecule has 3 aliphatic rings. The van der Waals surface area contributed by atoms with Gasteiger partial charge in [0.05, 0.1) is 0 Å². The van der Waals surface area contributed by atoms with E-state index in [0.29, 0.717) is 0 Å². The smallest absolute Gasteiger partial charge is 0.391 e.